The van der Waals surface area contributed by atoms with E-state index in [1.54, 1.807) is 14.0 Å². The van der Waals surface area contributed by atoms with Crippen LogP contribution in [0.15, 0.2) is 14.6 Å². The molecule has 0 aromatic carbocycles. The summed E-state index contributed by atoms with van der Waals surface area (Å²) in [6.45, 7) is 2.67. The fourth-order valence-electron chi connectivity index (χ4n) is 2.74. The van der Waals surface area contributed by atoms with E-state index in [1.165, 1.54) is 23.4 Å². The van der Waals surface area contributed by atoms with Crippen LogP contribution in [0.5, 0.6) is 0 Å². The van der Waals surface area contributed by atoms with Gasteiger partial charge >= 0.3 is 17.1 Å². The summed E-state index contributed by atoms with van der Waals surface area (Å²) in [7, 11) is 3.06. The summed E-state index contributed by atoms with van der Waals surface area (Å²) in [6.07, 6.45) is 0.596. The molecule has 9 heteroatoms. The molecule has 22 heavy (non-hydrogen) atoms. The Morgan fingerprint density at radius 2 is 2.14 bits per heavy atom. The lowest BCUT2D eigenvalue weighted by Gasteiger charge is -2.23. The normalized spacial score (nSPS) is 22.8. The van der Waals surface area contributed by atoms with Crippen molar-refractivity contribution in [3.8, 4) is 0 Å². The van der Waals surface area contributed by atoms with Crippen molar-refractivity contribution >= 4 is 17.7 Å². The van der Waals surface area contributed by atoms with Gasteiger partial charge in [-0.15, -0.1) is 0 Å². The Morgan fingerprint density at radius 1 is 1.41 bits per heavy atom. The highest BCUT2D eigenvalue weighted by atomic mass is 32.2. The highest BCUT2D eigenvalue weighted by Crippen LogP contribution is 2.27. The van der Waals surface area contributed by atoms with Crippen molar-refractivity contribution < 1.29 is 9.53 Å². The molecule has 0 aliphatic carbocycles. The van der Waals surface area contributed by atoms with Crippen molar-refractivity contribution in [2.24, 2.45) is 19.1 Å². The molecule has 1 saturated heterocycles. The maximum atomic E-state index is 12.2. The Bertz CT molecular complexity index is 885. The second kappa shape index (κ2) is 5.38. The third-order valence-electron chi connectivity index (χ3n) is 3.86. The van der Waals surface area contributed by atoms with E-state index >= 15 is 0 Å². The minimum Gasteiger partial charge on any atom is -0.465 e. The summed E-state index contributed by atoms with van der Waals surface area (Å²) < 4.78 is 9.44. The number of fused-ring (bicyclic) bond motifs is 2. The zero-order chi connectivity index (χ0) is 16.0. The maximum Gasteiger partial charge on any atom is 0.418 e. The van der Waals surface area contributed by atoms with E-state index in [1.807, 2.05) is 4.58 Å². The zero-order valence-corrected chi connectivity index (χ0v) is 13.4. The Hall–Kier alpha value is -1.90. The van der Waals surface area contributed by atoms with E-state index in [4.69, 9.17) is 4.74 Å². The van der Waals surface area contributed by atoms with Crippen LogP contribution in [0.2, 0.25) is 0 Å². The number of hydrogen-bond donors (Lipinski definition) is 0. The number of rotatable bonds is 2. The smallest absolute Gasteiger partial charge is 0.418 e. The molecule has 2 unspecified atom stereocenters. The molecule has 1 aromatic rings. The van der Waals surface area contributed by atoms with Crippen LogP contribution in [-0.2, 0) is 23.6 Å². The van der Waals surface area contributed by atoms with Crippen LogP contribution in [0.25, 0.3) is 0 Å². The molecule has 1 aromatic heterocycles. The summed E-state index contributed by atoms with van der Waals surface area (Å²) in [6, 6.07) is 0. The average Bonchev–Trinajstić information content (AvgIpc) is 2.89. The monoisotopic (exact) mass is 325 g/mol. The van der Waals surface area contributed by atoms with Crippen LogP contribution in [-0.4, -0.2) is 39.0 Å². The second-order valence-electron chi connectivity index (χ2n) is 5.19. The number of ether oxygens (including phenoxy) is 1. The number of thioether (sulfide) groups is 1. The van der Waals surface area contributed by atoms with Crippen LogP contribution in [0.1, 0.15) is 13.3 Å². The van der Waals surface area contributed by atoms with E-state index in [9.17, 15) is 14.4 Å². The Balaban J connectivity index is 2.10. The van der Waals surface area contributed by atoms with Gasteiger partial charge < -0.3 is 4.74 Å². The van der Waals surface area contributed by atoms with E-state index in [0.29, 0.717) is 25.1 Å². The Labute approximate surface area is 129 Å². The van der Waals surface area contributed by atoms with Crippen molar-refractivity contribution in [1.29, 1.82) is 0 Å². The highest BCUT2D eigenvalue weighted by Gasteiger charge is 2.38. The third-order valence-corrected chi connectivity index (χ3v) is 5.22. The molecule has 0 amide bonds. The summed E-state index contributed by atoms with van der Waals surface area (Å²) in [5.74, 6) is -0.250. The van der Waals surface area contributed by atoms with Crippen LogP contribution in [0.4, 0.5) is 0 Å². The molecule has 0 spiro atoms. The minimum absolute atomic E-state index is 0.250. The molecule has 0 saturated carbocycles. The number of carbonyl (C=O) groups excluding carboxylic acids is 1. The molecule has 8 nitrogen and oxygen atoms in total. The van der Waals surface area contributed by atoms with Crippen molar-refractivity contribution in [2.75, 3.05) is 13.2 Å². The molecule has 2 aliphatic rings. The van der Waals surface area contributed by atoms with E-state index in [0.717, 1.165) is 4.57 Å². The van der Waals surface area contributed by atoms with Gasteiger partial charge in [0.05, 0.1) is 20.2 Å². The molecule has 3 rings (SSSR count). The molecule has 2 atom stereocenters. The topological polar surface area (TPSA) is 85.7 Å². The van der Waals surface area contributed by atoms with Crippen LogP contribution >= 0.6 is 11.8 Å². The fourth-order valence-corrected chi connectivity index (χ4v) is 3.98. The lowest BCUT2D eigenvalue weighted by Crippen LogP contribution is -2.59. The van der Waals surface area contributed by atoms with Gasteiger partial charge in [0.2, 0.25) is 10.9 Å². The maximum absolute atomic E-state index is 12.2. The van der Waals surface area contributed by atoms with Gasteiger partial charge in [0, 0.05) is 13.5 Å². The molecule has 2 aliphatic heterocycles. The number of carbonyl (C=O) groups is 1. The number of hydrogen-bond acceptors (Lipinski definition) is 6. The lowest BCUT2D eigenvalue weighted by atomic mass is 10.3. The molecule has 3 heterocycles. The summed E-state index contributed by atoms with van der Waals surface area (Å²) in [5.41, 5.74) is -0.607. The Morgan fingerprint density at radius 3 is 2.82 bits per heavy atom. The average molecular weight is 325 g/mol. The highest BCUT2D eigenvalue weighted by molar-refractivity contribution is 8.01. The second-order valence-corrected chi connectivity index (χ2v) is 6.46. The lowest BCUT2D eigenvalue weighted by molar-refractivity contribution is -0.142. The summed E-state index contributed by atoms with van der Waals surface area (Å²) in [4.78, 5) is 40.6. The van der Waals surface area contributed by atoms with Crippen molar-refractivity contribution in [2.45, 2.75) is 24.1 Å². The molecule has 0 N–H and O–H groups in total. The molecule has 0 radical (unpaired) electrons. The number of nitrogens with zero attached hydrogens (tertiary/aromatic N) is 4. The van der Waals surface area contributed by atoms with E-state index in [-0.39, 0.29) is 27.8 Å². The van der Waals surface area contributed by atoms with Crippen molar-refractivity contribution in [3.63, 3.8) is 0 Å². The van der Waals surface area contributed by atoms with Crippen molar-refractivity contribution in [1.82, 2.24) is 13.7 Å². The van der Waals surface area contributed by atoms with Gasteiger partial charge in [-0.2, -0.15) is 4.57 Å². The predicted octanol–water partition coefficient (Wildman–Crippen LogP) is -2.44. The van der Waals surface area contributed by atoms with Crippen molar-refractivity contribution in [3.05, 3.63) is 31.7 Å². The first-order chi connectivity index (χ1) is 10.5. The van der Waals surface area contributed by atoms with Gasteiger partial charge in [-0.3, -0.25) is 9.59 Å². The molecular formula is C13H17N4O4S+. The van der Waals surface area contributed by atoms with Gasteiger partial charge in [-0.25, -0.2) is 18.9 Å². The SMILES string of the molecule is CCOC(=O)C1CC[N+]2=c3c(c(=O)n(C)c(=O)n3C)=NC2S1. The van der Waals surface area contributed by atoms with Gasteiger partial charge in [-0.05, 0) is 6.92 Å². The third kappa shape index (κ3) is 2.11. The predicted molar refractivity (Wildman–Crippen MR) is 80.2 cm³/mol. The first-order valence-electron chi connectivity index (χ1n) is 7.05. The molecule has 1 fully saturated rings. The van der Waals surface area contributed by atoms with Crippen LogP contribution in [0.3, 0.4) is 0 Å². The standard InChI is InChI=1S/C13H17N4O4S/c1-4-21-11(19)7-5-6-17-9-8(14-12(17)22-7)10(18)16(3)13(20)15(9)2/h7,12H,4-6H2,1-3H3/q+1. The quantitative estimate of drug-likeness (QED) is 0.445. The van der Waals surface area contributed by atoms with Gasteiger partial charge in [-0.1, -0.05) is 11.8 Å². The van der Waals surface area contributed by atoms with Gasteiger partial charge in [0.15, 0.2) is 0 Å². The Kier molecular flexibility index (Phi) is 3.67. The number of esters is 1. The molecular weight excluding hydrogens is 308 g/mol. The largest absolute Gasteiger partial charge is 0.465 e. The van der Waals surface area contributed by atoms with Crippen LogP contribution in [0, 0.1) is 0 Å². The first kappa shape index (κ1) is 15.0. The molecule has 0 bridgehead atoms. The number of aromatic nitrogens is 2. The summed E-state index contributed by atoms with van der Waals surface area (Å²) in [5, 5.41) is -0.00764. The minimum atomic E-state index is -0.402. The van der Waals surface area contributed by atoms with Crippen LogP contribution < -0.4 is 26.7 Å². The van der Waals surface area contributed by atoms with E-state index < -0.39 is 5.56 Å². The fraction of sp³-hybridized carbons (Fsp3) is 0.615. The van der Waals surface area contributed by atoms with Gasteiger partial charge in [0.1, 0.15) is 5.25 Å². The zero-order valence-electron chi connectivity index (χ0n) is 12.6. The van der Waals surface area contributed by atoms with E-state index in [2.05, 4.69) is 4.99 Å². The molecule has 118 valence electrons. The van der Waals surface area contributed by atoms with Gasteiger partial charge in [0.25, 0.3) is 5.56 Å². The summed E-state index contributed by atoms with van der Waals surface area (Å²) >= 11 is 1.36. The first-order valence-corrected chi connectivity index (χ1v) is 7.99.